The molecular formula is C26H23NO2. The van der Waals surface area contributed by atoms with Crippen molar-refractivity contribution in [3.63, 3.8) is 0 Å². The number of benzene rings is 3. The number of fused-ring (bicyclic) bond motifs is 1. The molecule has 0 N–H and O–H groups in total. The SMILES string of the molecule is CCc1ccc(OC(=O)c2cc(-c3ccccc3)nc3c(C)cc(C)cc23)cc1. The largest absolute Gasteiger partial charge is 0.423 e. The Labute approximate surface area is 171 Å². The summed E-state index contributed by atoms with van der Waals surface area (Å²) in [5.74, 6) is 0.173. The third-order valence-corrected chi connectivity index (χ3v) is 5.08. The van der Waals surface area contributed by atoms with Gasteiger partial charge in [-0.3, -0.25) is 0 Å². The van der Waals surface area contributed by atoms with Crippen molar-refractivity contribution in [2.24, 2.45) is 0 Å². The average molecular weight is 381 g/mol. The van der Waals surface area contributed by atoms with Gasteiger partial charge in [0.05, 0.1) is 16.8 Å². The van der Waals surface area contributed by atoms with Crippen LogP contribution in [0.1, 0.15) is 34.0 Å². The minimum Gasteiger partial charge on any atom is -0.423 e. The minimum absolute atomic E-state index is 0.371. The number of pyridine rings is 1. The lowest BCUT2D eigenvalue weighted by atomic mass is 10.00. The van der Waals surface area contributed by atoms with Gasteiger partial charge in [0.2, 0.25) is 0 Å². The molecule has 0 aliphatic heterocycles. The van der Waals surface area contributed by atoms with Gasteiger partial charge >= 0.3 is 5.97 Å². The first kappa shape index (κ1) is 18.9. The van der Waals surface area contributed by atoms with Crippen LogP contribution in [0.2, 0.25) is 0 Å². The maximum Gasteiger partial charge on any atom is 0.344 e. The van der Waals surface area contributed by atoms with Crippen molar-refractivity contribution >= 4 is 16.9 Å². The molecule has 0 aliphatic carbocycles. The molecule has 0 aliphatic rings. The smallest absolute Gasteiger partial charge is 0.344 e. The molecule has 4 rings (SSSR count). The third-order valence-electron chi connectivity index (χ3n) is 5.08. The van der Waals surface area contributed by atoms with Crippen LogP contribution in [-0.4, -0.2) is 11.0 Å². The second-order valence-electron chi connectivity index (χ2n) is 7.29. The Morgan fingerprint density at radius 2 is 1.66 bits per heavy atom. The van der Waals surface area contributed by atoms with Crippen LogP contribution in [0.4, 0.5) is 0 Å². The Balaban J connectivity index is 1.83. The standard InChI is InChI=1S/C26H23NO2/c1-4-19-10-12-21(13-11-19)29-26(28)23-16-24(20-8-6-5-7-9-20)27-25-18(3)14-17(2)15-22(23)25/h5-16H,4H2,1-3H3. The molecule has 0 atom stereocenters. The van der Waals surface area contributed by atoms with Crippen molar-refractivity contribution in [1.29, 1.82) is 0 Å². The molecule has 0 bridgehead atoms. The molecule has 0 saturated carbocycles. The van der Waals surface area contributed by atoms with Crippen molar-refractivity contribution < 1.29 is 9.53 Å². The lowest BCUT2D eigenvalue weighted by Crippen LogP contribution is -2.10. The van der Waals surface area contributed by atoms with Crippen LogP contribution in [0.15, 0.2) is 72.8 Å². The highest BCUT2D eigenvalue weighted by atomic mass is 16.5. The summed E-state index contributed by atoms with van der Waals surface area (Å²) in [6, 6.07) is 23.5. The molecule has 4 aromatic rings. The maximum absolute atomic E-state index is 13.1. The fourth-order valence-electron chi connectivity index (χ4n) is 3.56. The Kier molecular flexibility index (Phi) is 5.13. The molecule has 0 saturated heterocycles. The van der Waals surface area contributed by atoms with Crippen molar-refractivity contribution in [3.8, 4) is 17.0 Å². The van der Waals surface area contributed by atoms with Gasteiger partial charge in [0.25, 0.3) is 0 Å². The molecule has 3 aromatic carbocycles. The molecule has 0 radical (unpaired) electrons. The van der Waals surface area contributed by atoms with E-state index in [0.717, 1.165) is 39.7 Å². The normalized spacial score (nSPS) is 10.9. The summed E-state index contributed by atoms with van der Waals surface area (Å²) in [4.78, 5) is 18.0. The molecule has 0 amide bonds. The van der Waals surface area contributed by atoms with E-state index in [1.54, 1.807) is 0 Å². The van der Waals surface area contributed by atoms with Crippen LogP contribution in [0.25, 0.3) is 22.2 Å². The predicted octanol–water partition coefficient (Wildman–Crippen LogP) is 6.30. The highest BCUT2D eigenvalue weighted by molar-refractivity contribution is 6.06. The monoisotopic (exact) mass is 381 g/mol. The number of nitrogens with zero attached hydrogens (tertiary/aromatic N) is 1. The fourth-order valence-corrected chi connectivity index (χ4v) is 3.56. The van der Waals surface area contributed by atoms with Crippen LogP contribution in [-0.2, 0) is 6.42 Å². The van der Waals surface area contributed by atoms with Gasteiger partial charge < -0.3 is 4.74 Å². The number of carbonyl (C=O) groups is 1. The first-order chi connectivity index (χ1) is 14.0. The Morgan fingerprint density at radius 3 is 2.34 bits per heavy atom. The van der Waals surface area contributed by atoms with Gasteiger partial charge in [-0.2, -0.15) is 0 Å². The topological polar surface area (TPSA) is 39.2 Å². The zero-order valence-corrected chi connectivity index (χ0v) is 16.9. The molecular weight excluding hydrogens is 358 g/mol. The van der Waals surface area contributed by atoms with E-state index >= 15 is 0 Å². The first-order valence-electron chi connectivity index (χ1n) is 9.83. The zero-order chi connectivity index (χ0) is 20.4. The van der Waals surface area contributed by atoms with E-state index in [9.17, 15) is 4.79 Å². The zero-order valence-electron chi connectivity index (χ0n) is 16.9. The van der Waals surface area contributed by atoms with E-state index in [2.05, 4.69) is 13.0 Å². The number of aromatic nitrogens is 1. The molecule has 0 spiro atoms. The van der Waals surface area contributed by atoms with E-state index in [1.165, 1.54) is 5.56 Å². The van der Waals surface area contributed by atoms with Crippen molar-refractivity contribution in [2.45, 2.75) is 27.2 Å². The fraction of sp³-hybridized carbons (Fsp3) is 0.154. The number of carbonyl (C=O) groups excluding carboxylic acids is 1. The van der Waals surface area contributed by atoms with Gasteiger partial charge in [-0.1, -0.05) is 61.0 Å². The van der Waals surface area contributed by atoms with E-state index < -0.39 is 0 Å². The summed E-state index contributed by atoms with van der Waals surface area (Å²) in [6.07, 6.45) is 0.947. The number of rotatable bonds is 4. The third kappa shape index (κ3) is 3.90. The van der Waals surface area contributed by atoms with Gasteiger partial charge in [-0.25, -0.2) is 9.78 Å². The van der Waals surface area contributed by atoms with Crippen molar-refractivity contribution in [3.05, 3.63) is 95.1 Å². The van der Waals surface area contributed by atoms with E-state index in [1.807, 2.05) is 80.6 Å². The molecule has 0 unspecified atom stereocenters. The minimum atomic E-state index is -0.371. The maximum atomic E-state index is 13.1. The van der Waals surface area contributed by atoms with Gasteiger partial charge in [0.1, 0.15) is 5.75 Å². The van der Waals surface area contributed by atoms with E-state index in [0.29, 0.717) is 11.3 Å². The first-order valence-corrected chi connectivity index (χ1v) is 9.83. The number of aryl methyl sites for hydroxylation is 3. The second-order valence-corrected chi connectivity index (χ2v) is 7.29. The highest BCUT2D eigenvalue weighted by Crippen LogP contribution is 2.29. The molecule has 0 fully saturated rings. The van der Waals surface area contributed by atoms with Crippen molar-refractivity contribution in [2.75, 3.05) is 0 Å². The van der Waals surface area contributed by atoms with E-state index in [-0.39, 0.29) is 5.97 Å². The average Bonchev–Trinajstić information content (AvgIpc) is 2.74. The number of ether oxygens (including phenoxy) is 1. The van der Waals surface area contributed by atoms with Crippen LogP contribution in [0, 0.1) is 13.8 Å². The lowest BCUT2D eigenvalue weighted by Gasteiger charge is -2.12. The van der Waals surface area contributed by atoms with Gasteiger partial charge in [0.15, 0.2) is 0 Å². The quantitative estimate of drug-likeness (QED) is 0.307. The lowest BCUT2D eigenvalue weighted by molar-refractivity contribution is 0.0737. The Hall–Kier alpha value is -3.46. The second kappa shape index (κ2) is 7.88. The summed E-state index contributed by atoms with van der Waals surface area (Å²) in [7, 11) is 0. The molecule has 29 heavy (non-hydrogen) atoms. The van der Waals surface area contributed by atoms with E-state index in [4.69, 9.17) is 9.72 Å². The van der Waals surface area contributed by atoms with Crippen LogP contribution >= 0.6 is 0 Å². The molecule has 3 heteroatoms. The van der Waals surface area contributed by atoms with Crippen LogP contribution in [0.5, 0.6) is 5.75 Å². The summed E-state index contributed by atoms with van der Waals surface area (Å²) < 4.78 is 5.71. The van der Waals surface area contributed by atoms with Gasteiger partial charge in [-0.15, -0.1) is 0 Å². The van der Waals surface area contributed by atoms with Gasteiger partial charge in [0, 0.05) is 10.9 Å². The Morgan fingerprint density at radius 1 is 0.931 bits per heavy atom. The highest BCUT2D eigenvalue weighted by Gasteiger charge is 2.17. The Bertz CT molecular complexity index is 1180. The summed E-state index contributed by atoms with van der Waals surface area (Å²) in [6.45, 7) is 6.14. The van der Waals surface area contributed by atoms with Gasteiger partial charge in [-0.05, 0) is 55.7 Å². The summed E-state index contributed by atoms with van der Waals surface area (Å²) in [5, 5.41) is 0.817. The predicted molar refractivity (Wildman–Crippen MR) is 117 cm³/mol. The molecule has 144 valence electrons. The van der Waals surface area contributed by atoms with Crippen LogP contribution in [0.3, 0.4) is 0 Å². The number of hydrogen-bond acceptors (Lipinski definition) is 3. The van der Waals surface area contributed by atoms with Crippen LogP contribution < -0.4 is 4.74 Å². The number of hydrogen-bond donors (Lipinski definition) is 0. The summed E-state index contributed by atoms with van der Waals surface area (Å²) >= 11 is 0. The molecule has 1 aromatic heterocycles. The van der Waals surface area contributed by atoms with Crippen molar-refractivity contribution in [1.82, 2.24) is 4.98 Å². The summed E-state index contributed by atoms with van der Waals surface area (Å²) in [5.41, 5.74) is 6.42. The number of esters is 1. The molecule has 1 heterocycles. The molecule has 3 nitrogen and oxygen atoms in total.